The lowest BCUT2D eigenvalue weighted by Crippen LogP contribution is -2.18. The van der Waals surface area contributed by atoms with Crippen LogP contribution in [0, 0.1) is 6.92 Å². The van der Waals surface area contributed by atoms with Gasteiger partial charge in [-0.05, 0) is 25.1 Å². The monoisotopic (exact) mass is 431 g/mol. The quantitative estimate of drug-likeness (QED) is 0.547. The first-order valence-electron chi connectivity index (χ1n) is 8.46. The van der Waals surface area contributed by atoms with E-state index in [2.05, 4.69) is 15.6 Å². The first kappa shape index (κ1) is 20.4. The van der Waals surface area contributed by atoms with Crippen molar-refractivity contribution in [1.29, 1.82) is 0 Å². The molecule has 3 aromatic rings. The molecule has 0 bridgehead atoms. The minimum absolute atomic E-state index is 0.142. The number of carbonyl (C=O) groups is 2. The van der Waals surface area contributed by atoms with Crippen LogP contribution >= 0.6 is 34.7 Å². The van der Waals surface area contributed by atoms with E-state index in [0.717, 1.165) is 22.5 Å². The summed E-state index contributed by atoms with van der Waals surface area (Å²) in [6, 6.07) is 15.0. The highest BCUT2D eigenvalue weighted by molar-refractivity contribution is 8.00. The van der Waals surface area contributed by atoms with E-state index in [1.54, 1.807) is 6.07 Å². The van der Waals surface area contributed by atoms with Gasteiger partial charge in [-0.2, -0.15) is 0 Å². The largest absolute Gasteiger partial charge is 0.325 e. The van der Waals surface area contributed by atoms with Crippen LogP contribution < -0.4 is 10.6 Å². The summed E-state index contributed by atoms with van der Waals surface area (Å²) in [6.07, 6.45) is 0. The zero-order valence-corrected chi connectivity index (χ0v) is 17.5. The molecule has 0 fully saturated rings. The Bertz CT molecular complexity index is 974. The molecule has 2 N–H and O–H groups in total. The first-order chi connectivity index (χ1) is 13.5. The van der Waals surface area contributed by atoms with Crippen LogP contribution in [0.4, 0.5) is 10.8 Å². The molecule has 2 amide bonds. The number of carbonyl (C=O) groups excluding carboxylic acids is 2. The topological polar surface area (TPSA) is 71.1 Å². The Morgan fingerprint density at radius 2 is 1.71 bits per heavy atom. The number of amides is 2. The Kier molecular flexibility index (Phi) is 7.08. The van der Waals surface area contributed by atoms with Gasteiger partial charge in [0.05, 0.1) is 17.2 Å². The molecule has 1 heterocycles. The van der Waals surface area contributed by atoms with Gasteiger partial charge in [-0.25, -0.2) is 4.98 Å². The van der Waals surface area contributed by atoms with Crippen LogP contribution in [0.5, 0.6) is 0 Å². The molecule has 3 rings (SSSR count). The van der Waals surface area contributed by atoms with E-state index >= 15 is 0 Å². The molecule has 1 aromatic heterocycles. The molecule has 0 aliphatic heterocycles. The van der Waals surface area contributed by atoms with Gasteiger partial charge >= 0.3 is 0 Å². The number of benzene rings is 2. The fourth-order valence-electron chi connectivity index (χ4n) is 2.35. The zero-order valence-electron chi connectivity index (χ0n) is 15.1. The zero-order chi connectivity index (χ0) is 19.9. The summed E-state index contributed by atoms with van der Waals surface area (Å²) in [5.74, 6) is 0.0249. The lowest BCUT2D eigenvalue weighted by atomic mass is 10.2. The van der Waals surface area contributed by atoms with E-state index in [-0.39, 0.29) is 23.3 Å². The molecule has 0 unspecified atom stereocenters. The van der Waals surface area contributed by atoms with Gasteiger partial charge < -0.3 is 10.6 Å². The van der Waals surface area contributed by atoms with Crippen molar-refractivity contribution in [1.82, 2.24) is 4.98 Å². The van der Waals surface area contributed by atoms with Gasteiger partial charge in [0, 0.05) is 21.7 Å². The Labute approximate surface area is 176 Å². The molecule has 0 atom stereocenters. The van der Waals surface area contributed by atoms with Gasteiger partial charge in [0.1, 0.15) is 0 Å². The number of hydrogen-bond donors (Lipinski definition) is 2. The van der Waals surface area contributed by atoms with E-state index in [1.807, 2.05) is 54.8 Å². The van der Waals surface area contributed by atoms with Crippen LogP contribution in [0.25, 0.3) is 11.3 Å². The lowest BCUT2D eigenvalue weighted by molar-refractivity contribution is -0.114. The number of thioether (sulfide) groups is 1. The minimum Gasteiger partial charge on any atom is -0.325 e. The van der Waals surface area contributed by atoms with Crippen LogP contribution in [-0.2, 0) is 9.59 Å². The molecule has 0 aliphatic carbocycles. The maximum absolute atomic E-state index is 12.1. The van der Waals surface area contributed by atoms with Crippen LogP contribution in [0.3, 0.4) is 0 Å². The van der Waals surface area contributed by atoms with Crippen molar-refractivity contribution in [2.24, 2.45) is 0 Å². The van der Waals surface area contributed by atoms with Crippen molar-refractivity contribution in [3.63, 3.8) is 0 Å². The predicted octanol–water partition coefficient (Wildman–Crippen LogP) is 5.08. The number of nitrogens with zero attached hydrogens (tertiary/aromatic N) is 1. The second-order valence-electron chi connectivity index (χ2n) is 5.97. The summed E-state index contributed by atoms with van der Waals surface area (Å²) < 4.78 is 0. The van der Waals surface area contributed by atoms with Gasteiger partial charge in [0.15, 0.2) is 5.13 Å². The summed E-state index contributed by atoms with van der Waals surface area (Å²) in [7, 11) is 0. The molecule has 144 valence electrons. The molecule has 0 aliphatic rings. The van der Waals surface area contributed by atoms with Crippen molar-refractivity contribution in [3.8, 4) is 11.3 Å². The summed E-state index contributed by atoms with van der Waals surface area (Å²) >= 11 is 8.76. The molecule has 0 saturated carbocycles. The summed E-state index contributed by atoms with van der Waals surface area (Å²) in [6.45, 7) is 1.99. The molecular weight excluding hydrogens is 414 g/mol. The molecule has 0 spiro atoms. The Balaban J connectivity index is 1.44. The average molecular weight is 432 g/mol. The number of rotatable bonds is 7. The van der Waals surface area contributed by atoms with Crippen molar-refractivity contribution in [2.75, 3.05) is 22.1 Å². The van der Waals surface area contributed by atoms with Crippen molar-refractivity contribution in [3.05, 3.63) is 64.5 Å². The first-order valence-corrected chi connectivity index (χ1v) is 10.9. The molecular formula is C20H18ClN3O2S2. The average Bonchev–Trinajstić information content (AvgIpc) is 3.12. The fourth-order valence-corrected chi connectivity index (χ4v) is 3.93. The Morgan fingerprint density at radius 3 is 2.43 bits per heavy atom. The third kappa shape index (κ3) is 5.82. The van der Waals surface area contributed by atoms with Crippen molar-refractivity contribution >= 4 is 57.3 Å². The third-order valence-electron chi connectivity index (χ3n) is 3.70. The van der Waals surface area contributed by atoms with E-state index < -0.39 is 0 Å². The van der Waals surface area contributed by atoms with Gasteiger partial charge in [-0.1, -0.05) is 47.5 Å². The highest BCUT2D eigenvalue weighted by atomic mass is 35.5. The molecule has 8 heteroatoms. The number of hydrogen-bond acceptors (Lipinski definition) is 5. The standard InChI is InChI=1S/C20H18ClN3O2S2/c1-13-6-8-14(9-7-13)22-18(25)11-27-12-19(26)24-20-23-17(10-28-20)15-4-2-3-5-16(15)21/h2-10H,11-12H2,1H3,(H,22,25)(H,23,24,26). The van der Waals surface area contributed by atoms with Gasteiger partial charge in [0.25, 0.3) is 0 Å². The number of thiazole rings is 1. The van der Waals surface area contributed by atoms with E-state index in [1.165, 1.54) is 23.1 Å². The highest BCUT2D eigenvalue weighted by Gasteiger charge is 2.11. The Morgan fingerprint density at radius 1 is 1.04 bits per heavy atom. The summed E-state index contributed by atoms with van der Waals surface area (Å²) in [4.78, 5) is 28.4. The molecule has 0 saturated heterocycles. The number of nitrogens with one attached hydrogen (secondary N) is 2. The van der Waals surface area contributed by atoms with Crippen LogP contribution in [0.1, 0.15) is 5.56 Å². The van der Waals surface area contributed by atoms with Crippen molar-refractivity contribution < 1.29 is 9.59 Å². The highest BCUT2D eigenvalue weighted by Crippen LogP contribution is 2.30. The Hall–Kier alpha value is -2.35. The van der Waals surface area contributed by atoms with E-state index in [0.29, 0.717) is 10.2 Å². The van der Waals surface area contributed by atoms with Gasteiger partial charge in [-0.3, -0.25) is 9.59 Å². The van der Waals surface area contributed by atoms with E-state index in [4.69, 9.17) is 11.6 Å². The molecule has 28 heavy (non-hydrogen) atoms. The predicted molar refractivity (Wildman–Crippen MR) is 118 cm³/mol. The lowest BCUT2D eigenvalue weighted by Gasteiger charge is -2.05. The van der Waals surface area contributed by atoms with Crippen LogP contribution in [0.15, 0.2) is 53.9 Å². The normalized spacial score (nSPS) is 10.5. The van der Waals surface area contributed by atoms with Crippen LogP contribution in [0.2, 0.25) is 5.02 Å². The third-order valence-corrected chi connectivity index (χ3v) is 5.72. The maximum Gasteiger partial charge on any atom is 0.236 e. The van der Waals surface area contributed by atoms with Crippen molar-refractivity contribution in [2.45, 2.75) is 6.92 Å². The SMILES string of the molecule is Cc1ccc(NC(=O)CSCC(=O)Nc2nc(-c3ccccc3Cl)cs2)cc1. The maximum atomic E-state index is 12.1. The van der Waals surface area contributed by atoms with Crippen LogP contribution in [-0.4, -0.2) is 28.3 Å². The number of aromatic nitrogens is 1. The van der Waals surface area contributed by atoms with Gasteiger partial charge in [-0.15, -0.1) is 23.1 Å². The summed E-state index contributed by atoms with van der Waals surface area (Å²) in [5, 5.41) is 8.52. The summed E-state index contributed by atoms with van der Waals surface area (Å²) in [5.41, 5.74) is 3.42. The minimum atomic E-state index is -0.201. The smallest absolute Gasteiger partial charge is 0.236 e. The number of anilines is 2. The van der Waals surface area contributed by atoms with Gasteiger partial charge in [0.2, 0.25) is 11.8 Å². The second kappa shape index (κ2) is 9.73. The molecule has 2 aromatic carbocycles. The number of halogens is 1. The molecule has 0 radical (unpaired) electrons. The fraction of sp³-hybridized carbons (Fsp3) is 0.150. The van der Waals surface area contributed by atoms with E-state index in [9.17, 15) is 9.59 Å². The molecule has 5 nitrogen and oxygen atoms in total. The second-order valence-corrected chi connectivity index (χ2v) is 8.22. The number of aryl methyl sites for hydroxylation is 1.